The fraction of sp³-hybridized carbons (Fsp3) is 0.409. The average Bonchev–Trinajstić information content (AvgIpc) is 2.85. The average molecular weight is 384 g/mol. The number of halogens is 1. The standard InChI is InChI=1S/C22H25FN2O3/c1-21(2,3)28-20(27)25-13-22(4,5)19-18(25)11-15(17(12-26)24-19)10-14-6-8-16(23)9-7-14/h6-9,11-12H,10,13H2,1-5H3. The molecule has 3 rings (SSSR count). The number of carbonyl (C=O) groups is 2. The van der Waals surface area contributed by atoms with E-state index < -0.39 is 17.1 Å². The molecule has 0 aliphatic carbocycles. The van der Waals surface area contributed by atoms with Crippen LogP contribution in [0.15, 0.2) is 30.3 Å². The molecule has 28 heavy (non-hydrogen) atoms. The molecule has 0 unspecified atom stereocenters. The molecule has 5 nitrogen and oxygen atoms in total. The maximum Gasteiger partial charge on any atom is 0.414 e. The van der Waals surface area contributed by atoms with E-state index in [1.54, 1.807) is 17.0 Å². The first-order chi connectivity index (χ1) is 13.0. The Morgan fingerprint density at radius 1 is 1.29 bits per heavy atom. The molecule has 0 fully saturated rings. The lowest BCUT2D eigenvalue weighted by Crippen LogP contribution is -2.38. The van der Waals surface area contributed by atoms with Crippen LogP contribution in [-0.4, -0.2) is 29.5 Å². The molecule has 2 heterocycles. The van der Waals surface area contributed by atoms with Crippen molar-refractivity contribution in [3.63, 3.8) is 0 Å². The van der Waals surface area contributed by atoms with E-state index in [0.717, 1.165) is 11.8 Å². The zero-order chi connectivity index (χ0) is 20.7. The number of carbonyl (C=O) groups excluding carboxylic acids is 2. The third kappa shape index (κ3) is 4.06. The lowest BCUT2D eigenvalue weighted by Gasteiger charge is -2.25. The van der Waals surface area contributed by atoms with E-state index in [0.29, 0.717) is 35.6 Å². The Morgan fingerprint density at radius 3 is 2.50 bits per heavy atom. The number of nitrogens with zero attached hydrogens (tertiary/aromatic N) is 2. The second-order valence-electron chi connectivity index (χ2n) is 8.77. The lowest BCUT2D eigenvalue weighted by molar-refractivity contribution is 0.0579. The number of aldehydes is 1. The third-order valence-corrected chi connectivity index (χ3v) is 4.63. The van der Waals surface area contributed by atoms with Crippen molar-refractivity contribution in [1.82, 2.24) is 4.98 Å². The molecule has 0 saturated carbocycles. The van der Waals surface area contributed by atoms with Gasteiger partial charge in [-0.05, 0) is 56.5 Å². The summed E-state index contributed by atoms with van der Waals surface area (Å²) in [4.78, 5) is 30.6. The molecule has 1 aliphatic heterocycles. The number of aromatic nitrogens is 1. The van der Waals surface area contributed by atoms with Crippen LogP contribution in [0.1, 0.15) is 61.9 Å². The van der Waals surface area contributed by atoms with Crippen LogP contribution in [0.3, 0.4) is 0 Å². The Kier molecular flexibility index (Phi) is 5.00. The van der Waals surface area contributed by atoms with Gasteiger partial charge in [0.05, 0.1) is 11.4 Å². The van der Waals surface area contributed by atoms with Gasteiger partial charge in [-0.15, -0.1) is 0 Å². The topological polar surface area (TPSA) is 59.5 Å². The predicted molar refractivity (Wildman–Crippen MR) is 105 cm³/mol. The Hall–Kier alpha value is -2.76. The van der Waals surface area contributed by atoms with Crippen molar-refractivity contribution in [2.24, 2.45) is 0 Å². The van der Waals surface area contributed by atoms with E-state index in [9.17, 15) is 14.0 Å². The van der Waals surface area contributed by atoms with Gasteiger partial charge in [0.25, 0.3) is 0 Å². The molecule has 1 amide bonds. The second kappa shape index (κ2) is 7.00. The van der Waals surface area contributed by atoms with Crippen LogP contribution in [-0.2, 0) is 16.6 Å². The number of hydrogen-bond acceptors (Lipinski definition) is 4. The number of rotatable bonds is 3. The monoisotopic (exact) mass is 384 g/mol. The molecule has 1 aromatic carbocycles. The molecule has 2 aromatic rings. The first kappa shape index (κ1) is 20.0. The fourth-order valence-electron chi connectivity index (χ4n) is 3.36. The molecule has 148 valence electrons. The largest absolute Gasteiger partial charge is 0.443 e. The van der Waals surface area contributed by atoms with Gasteiger partial charge in [-0.3, -0.25) is 9.69 Å². The molecule has 0 atom stereocenters. The minimum absolute atomic E-state index is 0.315. The third-order valence-electron chi connectivity index (χ3n) is 4.63. The molecule has 6 heteroatoms. The van der Waals surface area contributed by atoms with E-state index in [1.165, 1.54) is 12.1 Å². The molecular weight excluding hydrogens is 359 g/mol. The predicted octanol–water partition coefficient (Wildman–Crippen LogP) is 4.66. The molecular formula is C22H25FN2O3. The van der Waals surface area contributed by atoms with Gasteiger partial charge in [0.1, 0.15) is 17.1 Å². The van der Waals surface area contributed by atoms with Gasteiger partial charge >= 0.3 is 6.09 Å². The highest BCUT2D eigenvalue weighted by atomic mass is 19.1. The summed E-state index contributed by atoms with van der Waals surface area (Å²) in [5, 5.41) is 0. The number of hydrogen-bond donors (Lipinski definition) is 0. The number of amides is 1. The Bertz CT molecular complexity index is 915. The van der Waals surface area contributed by atoms with Crippen molar-refractivity contribution in [3.8, 4) is 0 Å². The second-order valence-corrected chi connectivity index (χ2v) is 8.77. The van der Waals surface area contributed by atoms with Crippen LogP contribution < -0.4 is 4.90 Å². The normalized spacial score (nSPS) is 15.3. The van der Waals surface area contributed by atoms with Crippen molar-refractivity contribution >= 4 is 18.1 Å². The molecule has 1 aromatic heterocycles. The van der Waals surface area contributed by atoms with E-state index in [2.05, 4.69) is 4.98 Å². The van der Waals surface area contributed by atoms with Gasteiger partial charge in [-0.2, -0.15) is 0 Å². The van der Waals surface area contributed by atoms with Gasteiger partial charge < -0.3 is 4.74 Å². The SMILES string of the molecule is CC(C)(C)OC(=O)N1CC(C)(C)c2nc(C=O)c(Cc3ccc(F)cc3)cc21. The zero-order valence-electron chi connectivity index (χ0n) is 16.9. The summed E-state index contributed by atoms with van der Waals surface area (Å²) in [6, 6.07) is 7.94. The number of fused-ring (bicyclic) bond motifs is 1. The molecule has 0 N–H and O–H groups in total. The van der Waals surface area contributed by atoms with Crippen molar-refractivity contribution in [3.05, 3.63) is 58.7 Å². The smallest absolute Gasteiger partial charge is 0.414 e. The summed E-state index contributed by atoms with van der Waals surface area (Å²) in [5.41, 5.74) is 2.21. The van der Waals surface area contributed by atoms with Crippen LogP contribution in [0.2, 0.25) is 0 Å². The van der Waals surface area contributed by atoms with Crippen LogP contribution in [0.25, 0.3) is 0 Å². The molecule has 0 saturated heterocycles. The minimum Gasteiger partial charge on any atom is -0.443 e. The quantitative estimate of drug-likeness (QED) is 0.723. The maximum atomic E-state index is 13.2. The summed E-state index contributed by atoms with van der Waals surface area (Å²) in [7, 11) is 0. The summed E-state index contributed by atoms with van der Waals surface area (Å²) >= 11 is 0. The minimum atomic E-state index is -0.614. The van der Waals surface area contributed by atoms with Crippen LogP contribution in [0.4, 0.5) is 14.9 Å². The summed E-state index contributed by atoms with van der Waals surface area (Å²) in [6.45, 7) is 9.85. The van der Waals surface area contributed by atoms with E-state index in [1.807, 2.05) is 40.7 Å². The highest BCUT2D eigenvalue weighted by Gasteiger charge is 2.41. The summed E-state index contributed by atoms with van der Waals surface area (Å²) in [5.74, 6) is -0.315. The van der Waals surface area contributed by atoms with Crippen LogP contribution in [0.5, 0.6) is 0 Å². The lowest BCUT2D eigenvalue weighted by atomic mass is 9.90. The zero-order valence-corrected chi connectivity index (χ0v) is 16.9. The van der Waals surface area contributed by atoms with Crippen LogP contribution >= 0.6 is 0 Å². The summed E-state index contributed by atoms with van der Waals surface area (Å²) < 4.78 is 18.7. The van der Waals surface area contributed by atoms with E-state index in [4.69, 9.17) is 4.74 Å². The van der Waals surface area contributed by atoms with E-state index in [-0.39, 0.29) is 5.82 Å². The molecule has 1 aliphatic rings. The first-order valence-corrected chi connectivity index (χ1v) is 9.25. The van der Waals surface area contributed by atoms with E-state index >= 15 is 0 Å². The molecule has 0 radical (unpaired) electrons. The van der Waals surface area contributed by atoms with Crippen molar-refractivity contribution < 1.29 is 18.7 Å². The molecule has 0 spiro atoms. The van der Waals surface area contributed by atoms with Gasteiger partial charge in [0.15, 0.2) is 6.29 Å². The Balaban J connectivity index is 2.03. The van der Waals surface area contributed by atoms with Crippen molar-refractivity contribution in [1.29, 1.82) is 0 Å². The van der Waals surface area contributed by atoms with Crippen molar-refractivity contribution in [2.45, 2.75) is 52.1 Å². The highest BCUT2D eigenvalue weighted by Crippen LogP contribution is 2.41. The Morgan fingerprint density at radius 2 is 1.93 bits per heavy atom. The van der Waals surface area contributed by atoms with Gasteiger partial charge in [0.2, 0.25) is 0 Å². The highest BCUT2D eigenvalue weighted by molar-refractivity contribution is 5.92. The summed E-state index contributed by atoms with van der Waals surface area (Å²) in [6.07, 6.45) is 0.704. The van der Waals surface area contributed by atoms with Gasteiger partial charge in [0, 0.05) is 12.0 Å². The maximum absolute atomic E-state index is 13.2. The number of benzene rings is 1. The van der Waals surface area contributed by atoms with Crippen molar-refractivity contribution in [2.75, 3.05) is 11.4 Å². The first-order valence-electron chi connectivity index (χ1n) is 9.25. The molecule has 0 bridgehead atoms. The Labute approximate surface area is 164 Å². The van der Waals surface area contributed by atoms with Crippen LogP contribution in [0, 0.1) is 5.82 Å². The number of anilines is 1. The van der Waals surface area contributed by atoms with Gasteiger partial charge in [-0.1, -0.05) is 26.0 Å². The fourth-order valence-corrected chi connectivity index (χ4v) is 3.36. The number of pyridine rings is 1. The number of ether oxygens (including phenoxy) is 1. The van der Waals surface area contributed by atoms with Gasteiger partial charge in [-0.25, -0.2) is 14.2 Å².